The molecule has 0 radical (unpaired) electrons. The number of aliphatic hydroxyl groups excluding tert-OH is 1. The number of nitrogens with one attached hydrogen (secondary N) is 1. The third-order valence-electron chi connectivity index (χ3n) is 3.66. The number of hydrogen-bond donors (Lipinski definition) is 2. The molecular weight excluding hydrogens is 204 g/mol. The number of aliphatic hydroxyl groups is 1. The third kappa shape index (κ3) is 4.01. The molecule has 94 valence electrons. The first-order valence-corrected chi connectivity index (χ1v) is 6.53. The van der Waals surface area contributed by atoms with Gasteiger partial charge in [0.2, 0.25) is 0 Å². The van der Waals surface area contributed by atoms with Gasteiger partial charge in [-0.15, -0.1) is 0 Å². The van der Waals surface area contributed by atoms with E-state index in [2.05, 4.69) is 10.2 Å². The second-order valence-corrected chi connectivity index (χ2v) is 4.99. The number of morpholine rings is 1. The Balaban J connectivity index is 1.48. The highest BCUT2D eigenvalue weighted by atomic mass is 16.5. The summed E-state index contributed by atoms with van der Waals surface area (Å²) in [5, 5.41) is 12.9. The molecule has 0 aromatic carbocycles. The van der Waals surface area contributed by atoms with E-state index in [-0.39, 0.29) is 6.10 Å². The predicted molar refractivity (Wildman–Crippen MR) is 63.5 cm³/mol. The van der Waals surface area contributed by atoms with Crippen LogP contribution in [0.15, 0.2) is 0 Å². The number of rotatable bonds is 5. The van der Waals surface area contributed by atoms with Gasteiger partial charge in [-0.3, -0.25) is 4.90 Å². The second-order valence-electron chi connectivity index (χ2n) is 4.99. The Bertz CT molecular complexity index is 189. The molecule has 2 aliphatic rings. The third-order valence-corrected chi connectivity index (χ3v) is 3.66. The van der Waals surface area contributed by atoms with Crippen molar-refractivity contribution < 1.29 is 9.84 Å². The molecule has 0 aromatic heterocycles. The van der Waals surface area contributed by atoms with Crippen molar-refractivity contribution in [2.24, 2.45) is 5.92 Å². The van der Waals surface area contributed by atoms with Gasteiger partial charge in [-0.25, -0.2) is 0 Å². The first-order chi connectivity index (χ1) is 7.84. The summed E-state index contributed by atoms with van der Waals surface area (Å²) in [7, 11) is 0. The van der Waals surface area contributed by atoms with E-state index in [4.69, 9.17) is 4.74 Å². The molecule has 2 unspecified atom stereocenters. The summed E-state index contributed by atoms with van der Waals surface area (Å²) in [5.74, 6) is 0.694. The molecule has 0 aromatic rings. The van der Waals surface area contributed by atoms with Crippen LogP contribution in [-0.2, 0) is 4.74 Å². The van der Waals surface area contributed by atoms with Crippen LogP contribution < -0.4 is 5.32 Å². The molecule has 1 heterocycles. The van der Waals surface area contributed by atoms with Gasteiger partial charge < -0.3 is 15.2 Å². The molecule has 1 saturated carbocycles. The highest BCUT2D eigenvalue weighted by molar-refractivity contribution is 4.76. The van der Waals surface area contributed by atoms with E-state index < -0.39 is 0 Å². The fourth-order valence-corrected chi connectivity index (χ4v) is 2.60. The zero-order valence-corrected chi connectivity index (χ0v) is 10.0. The number of nitrogens with zero attached hydrogens (tertiary/aromatic N) is 1. The summed E-state index contributed by atoms with van der Waals surface area (Å²) in [4.78, 5) is 2.44. The molecule has 0 amide bonds. The maximum atomic E-state index is 9.41. The maximum Gasteiger partial charge on any atom is 0.0594 e. The topological polar surface area (TPSA) is 44.7 Å². The van der Waals surface area contributed by atoms with E-state index >= 15 is 0 Å². The van der Waals surface area contributed by atoms with Gasteiger partial charge in [0, 0.05) is 26.2 Å². The molecule has 4 heteroatoms. The summed E-state index contributed by atoms with van der Waals surface area (Å²) in [6.07, 6.45) is 3.14. The Morgan fingerprint density at radius 2 is 2.06 bits per heavy atom. The molecular formula is C12H24N2O2. The summed E-state index contributed by atoms with van der Waals surface area (Å²) in [5.41, 5.74) is 0. The lowest BCUT2D eigenvalue weighted by Gasteiger charge is -2.26. The van der Waals surface area contributed by atoms with E-state index in [1.807, 2.05) is 0 Å². The first-order valence-electron chi connectivity index (χ1n) is 6.53. The Kier molecular flexibility index (Phi) is 5.03. The van der Waals surface area contributed by atoms with Gasteiger partial charge >= 0.3 is 0 Å². The van der Waals surface area contributed by atoms with Crippen LogP contribution in [0.3, 0.4) is 0 Å². The lowest BCUT2D eigenvalue weighted by molar-refractivity contribution is 0.0383. The zero-order valence-electron chi connectivity index (χ0n) is 10.0. The highest BCUT2D eigenvalue weighted by Crippen LogP contribution is 2.24. The van der Waals surface area contributed by atoms with Crippen LogP contribution in [0.25, 0.3) is 0 Å². The summed E-state index contributed by atoms with van der Waals surface area (Å²) >= 11 is 0. The second kappa shape index (κ2) is 6.55. The van der Waals surface area contributed by atoms with Crippen molar-refractivity contribution in [1.29, 1.82) is 0 Å². The van der Waals surface area contributed by atoms with Gasteiger partial charge in [-0.1, -0.05) is 0 Å². The summed E-state index contributed by atoms with van der Waals surface area (Å²) < 4.78 is 5.31. The van der Waals surface area contributed by atoms with E-state index in [1.165, 1.54) is 6.42 Å². The monoisotopic (exact) mass is 228 g/mol. The van der Waals surface area contributed by atoms with Crippen molar-refractivity contribution in [3.63, 3.8) is 0 Å². The molecule has 0 spiro atoms. The molecule has 2 atom stereocenters. The average molecular weight is 228 g/mol. The van der Waals surface area contributed by atoms with Gasteiger partial charge in [0.15, 0.2) is 0 Å². The molecule has 0 bridgehead atoms. The van der Waals surface area contributed by atoms with Crippen LogP contribution in [0.5, 0.6) is 0 Å². The number of hydrogen-bond acceptors (Lipinski definition) is 4. The van der Waals surface area contributed by atoms with Crippen molar-refractivity contribution in [2.75, 3.05) is 45.9 Å². The Morgan fingerprint density at radius 3 is 2.75 bits per heavy atom. The molecule has 2 rings (SSSR count). The van der Waals surface area contributed by atoms with Crippen LogP contribution in [0.1, 0.15) is 19.3 Å². The number of ether oxygens (including phenoxy) is 1. The zero-order chi connectivity index (χ0) is 11.2. The molecule has 1 saturated heterocycles. The fraction of sp³-hybridized carbons (Fsp3) is 1.00. The minimum atomic E-state index is -0.0361. The van der Waals surface area contributed by atoms with Crippen LogP contribution in [0, 0.1) is 5.92 Å². The molecule has 2 N–H and O–H groups in total. The Morgan fingerprint density at radius 1 is 1.25 bits per heavy atom. The van der Waals surface area contributed by atoms with Gasteiger partial charge in [-0.2, -0.15) is 0 Å². The van der Waals surface area contributed by atoms with Crippen molar-refractivity contribution in [1.82, 2.24) is 10.2 Å². The van der Waals surface area contributed by atoms with E-state index in [9.17, 15) is 5.11 Å². The van der Waals surface area contributed by atoms with Crippen molar-refractivity contribution in [3.05, 3.63) is 0 Å². The van der Waals surface area contributed by atoms with Gasteiger partial charge in [0.1, 0.15) is 0 Å². The van der Waals surface area contributed by atoms with Crippen LogP contribution in [0.4, 0.5) is 0 Å². The molecule has 2 fully saturated rings. The summed E-state index contributed by atoms with van der Waals surface area (Å²) in [6.45, 7) is 7.17. The minimum Gasteiger partial charge on any atom is -0.393 e. The average Bonchev–Trinajstić information content (AvgIpc) is 2.72. The normalized spacial score (nSPS) is 32.1. The molecule has 4 nitrogen and oxygen atoms in total. The largest absolute Gasteiger partial charge is 0.393 e. The van der Waals surface area contributed by atoms with Crippen molar-refractivity contribution >= 4 is 0 Å². The Labute approximate surface area is 98.0 Å². The lowest BCUT2D eigenvalue weighted by atomic mass is 10.1. The molecule has 16 heavy (non-hydrogen) atoms. The van der Waals surface area contributed by atoms with Gasteiger partial charge in [0.25, 0.3) is 0 Å². The van der Waals surface area contributed by atoms with Gasteiger partial charge in [0.05, 0.1) is 19.3 Å². The minimum absolute atomic E-state index is 0.0361. The quantitative estimate of drug-likeness (QED) is 0.654. The van der Waals surface area contributed by atoms with Crippen LogP contribution in [0.2, 0.25) is 0 Å². The Hall–Kier alpha value is -0.160. The molecule has 1 aliphatic carbocycles. The van der Waals surface area contributed by atoms with Crippen LogP contribution in [-0.4, -0.2) is 62.0 Å². The van der Waals surface area contributed by atoms with E-state index in [0.29, 0.717) is 5.92 Å². The first kappa shape index (κ1) is 12.3. The maximum absolute atomic E-state index is 9.41. The highest BCUT2D eigenvalue weighted by Gasteiger charge is 2.22. The van der Waals surface area contributed by atoms with E-state index in [0.717, 1.165) is 58.8 Å². The summed E-state index contributed by atoms with van der Waals surface area (Å²) in [6, 6.07) is 0. The van der Waals surface area contributed by atoms with E-state index in [1.54, 1.807) is 0 Å². The van der Waals surface area contributed by atoms with Crippen LogP contribution >= 0.6 is 0 Å². The van der Waals surface area contributed by atoms with Gasteiger partial charge in [-0.05, 0) is 31.7 Å². The lowest BCUT2D eigenvalue weighted by Crippen LogP contribution is -2.40. The van der Waals surface area contributed by atoms with Crippen molar-refractivity contribution in [2.45, 2.75) is 25.4 Å². The standard InChI is InChI=1S/C12H24N2O2/c15-12-2-1-11(9-12)10-13-3-4-14-5-7-16-8-6-14/h11-13,15H,1-10H2. The van der Waals surface area contributed by atoms with Crippen molar-refractivity contribution in [3.8, 4) is 0 Å². The predicted octanol–water partition coefficient (Wildman–Crippen LogP) is 0.0692. The smallest absolute Gasteiger partial charge is 0.0594 e. The molecule has 1 aliphatic heterocycles. The SMILES string of the molecule is OC1CCC(CNCCN2CCOCC2)C1. The fourth-order valence-electron chi connectivity index (χ4n) is 2.60.